The van der Waals surface area contributed by atoms with Crippen LogP contribution in [-0.2, 0) is 25.7 Å². The molecule has 1 saturated heterocycles. The number of esters is 1. The Kier molecular flexibility index (Phi) is 5.18. The Bertz CT molecular complexity index is 855. The molecule has 1 aliphatic carbocycles. The molecule has 8 heteroatoms. The lowest BCUT2D eigenvalue weighted by Crippen LogP contribution is -2.33. The quantitative estimate of drug-likeness (QED) is 0.557. The van der Waals surface area contributed by atoms with Gasteiger partial charge in [-0.05, 0) is 25.0 Å². The van der Waals surface area contributed by atoms with Crippen molar-refractivity contribution in [2.24, 2.45) is 11.8 Å². The van der Waals surface area contributed by atoms with E-state index in [4.69, 9.17) is 9.15 Å². The topological polar surface area (TPSA) is 103 Å². The van der Waals surface area contributed by atoms with E-state index in [9.17, 15) is 14.4 Å². The van der Waals surface area contributed by atoms with Crippen molar-refractivity contribution in [2.45, 2.75) is 38.7 Å². The number of imide groups is 1. The Morgan fingerprint density at radius 2 is 1.75 bits per heavy atom. The summed E-state index contributed by atoms with van der Waals surface area (Å²) >= 11 is 0. The van der Waals surface area contributed by atoms with Crippen LogP contribution < -0.4 is 0 Å². The summed E-state index contributed by atoms with van der Waals surface area (Å²) in [5, 5.41) is 7.79. The fourth-order valence-electron chi connectivity index (χ4n) is 3.88. The molecule has 2 aromatic rings. The van der Waals surface area contributed by atoms with E-state index >= 15 is 0 Å². The molecule has 146 valence electrons. The summed E-state index contributed by atoms with van der Waals surface area (Å²) in [7, 11) is 0. The number of amides is 2. The van der Waals surface area contributed by atoms with Gasteiger partial charge < -0.3 is 9.15 Å². The van der Waals surface area contributed by atoms with E-state index in [0.717, 1.165) is 31.2 Å². The van der Waals surface area contributed by atoms with Gasteiger partial charge in [0.05, 0.1) is 18.3 Å². The lowest BCUT2D eigenvalue weighted by molar-refractivity contribution is -0.147. The third-order valence-corrected chi connectivity index (χ3v) is 5.32. The van der Waals surface area contributed by atoms with Crippen LogP contribution in [0.25, 0.3) is 11.5 Å². The number of rotatable bonds is 6. The van der Waals surface area contributed by atoms with Gasteiger partial charge in [0.2, 0.25) is 17.7 Å². The van der Waals surface area contributed by atoms with Crippen molar-refractivity contribution in [3.8, 4) is 11.5 Å². The molecule has 4 rings (SSSR count). The van der Waals surface area contributed by atoms with Crippen LogP contribution in [0.2, 0.25) is 0 Å². The summed E-state index contributed by atoms with van der Waals surface area (Å²) in [5.41, 5.74) is 0.778. The number of likely N-dealkylation sites (tertiary alicyclic amines) is 1. The van der Waals surface area contributed by atoms with E-state index in [-0.39, 0.29) is 49.1 Å². The van der Waals surface area contributed by atoms with Crippen molar-refractivity contribution in [2.75, 3.05) is 6.54 Å². The average molecular weight is 383 g/mol. The zero-order valence-corrected chi connectivity index (χ0v) is 15.4. The largest absolute Gasteiger partial charge is 0.456 e. The Balaban J connectivity index is 1.27. The minimum Gasteiger partial charge on any atom is -0.456 e. The number of ether oxygens (including phenoxy) is 1. The normalized spacial score (nSPS) is 21.6. The Morgan fingerprint density at radius 1 is 1.07 bits per heavy atom. The summed E-state index contributed by atoms with van der Waals surface area (Å²) in [6, 6.07) is 9.27. The molecule has 28 heavy (non-hydrogen) atoms. The first kappa shape index (κ1) is 18.3. The molecule has 2 aliphatic rings. The Labute approximate surface area is 161 Å². The highest BCUT2D eigenvalue weighted by Gasteiger charge is 2.47. The molecule has 0 spiro atoms. The van der Waals surface area contributed by atoms with Crippen LogP contribution in [0, 0.1) is 11.8 Å². The van der Waals surface area contributed by atoms with Gasteiger partial charge in [-0.3, -0.25) is 19.3 Å². The first-order valence-electron chi connectivity index (χ1n) is 9.52. The monoisotopic (exact) mass is 383 g/mol. The van der Waals surface area contributed by atoms with Gasteiger partial charge in [-0.25, -0.2) is 0 Å². The highest BCUT2D eigenvalue weighted by atomic mass is 16.5. The van der Waals surface area contributed by atoms with Crippen LogP contribution in [0.1, 0.15) is 38.0 Å². The summed E-state index contributed by atoms with van der Waals surface area (Å²) < 4.78 is 10.6. The van der Waals surface area contributed by atoms with Crippen LogP contribution in [0.4, 0.5) is 0 Å². The molecule has 2 amide bonds. The molecule has 8 nitrogen and oxygen atoms in total. The maximum Gasteiger partial charge on any atom is 0.308 e. The molecule has 2 fully saturated rings. The van der Waals surface area contributed by atoms with Crippen LogP contribution in [-0.4, -0.2) is 39.4 Å². The molecule has 0 radical (unpaired) electrons. The van der Waals surface area contributed by atoms with E-state index in [1.807, 2.05) is 30.3 Å². The second-order valence-electron chi connectivity index (χ2n) is 7.10. The molecule has 1 aliphatic heterocycles. The first-order valence-corrected chi connectivity index (χ1v) is 9.52. The number of carbonyl (C=O) groups is 3. The second kappa shape index (κ2) is 7.92. The maximum atomic E-state index is 12.4. The van der Waals surface area contributed by atoms with Gasteiger partial charge >= 0.3 is 5.97 Å². The number of fused-ring (bicyclic) bond motifs is 1. The molecule has 1 aromatic carbocycles. The van der Waals surface area contributed by atoms with E-state index in [0.29, 0.717) is 5.89 Å². The molecule has 1 aromatic heterocycles. The number of hydrogen-bond acceptors (Lipinski definition) is 7. The number of carbonyl (C=O) groups excluding carboxylic acids is 3. The summed E-state index contributed by atoms with van der Waals surface area (Å²) in [6.07, 6.45) is 3.43. The Hall–Kier alpha value is -3.03. The smallest absolute Gasteiger partial charge is 0.308 e. The molecule has 0 bridgehead atoms. The van der Waals surface area contributed by atoms with Crippen molar-refractivity contribution in [3.63, 3.8) is 0 Å². The predicted octanol–water partition coefficient (Wildman–Crippen LogP) is 2.35. The van der Waals surface area contributed by atoms with Crippen molar-refractivity contribution in [1.82, 2.24) is 15.1 Å². The van der Waals surface area contributed by atoms with Gasteiger partial charge in [0.1, 0.15) is 0 Å². The Morgan fingerprint density at radius 3 is 2.43 bits per heavy atom. The zero-order chi connectivity index (χ0) is 19.5. The predicted molar refractivity (Wildman–Crippen MR) is 96.3 cm³/mol. The number of hydrogen-bond donors (Lipinski definition) is 0. The molecular formula is C20H21N3O5. The van der Waals surface area contributed by atoms with Crippen LogP contribution in [0.3, 0.4) is 0 Å². The minimum absolute atomic E-state index is 0.0450. The highest BCUT2D eigenvalue weighted by Crippen LogP contribution is 2.37. The highest BCUT2D eigenvalue weighted by molar-refractivity contribution is 6.05. The van der Waals surface area contributed by atoms with Gasteiger partial charge in [0.15, 0.2) is 6.61 Å². The SMILES string of the molecule is O=C(CCN1C(=O)[C@@H]2CCCC[C@H]2C1=O)OCc1nnc(-c2ccccc2)o1. The van der Waals surface area contributed by atoms with Gasteiger partial charge in [0, 0.05) is 12.1 Å². The van der Waals surface area contributed by atoms with E-state index in [1.165, 1.54) is 4.90 Å². The van der Waals surface area contributed by atoms with Crippen molar-refractivity contribution in [1.29, 1.82) is 0 Å². The van der Waals surface area contributed by atoms with Gasteiger partial charge in [-0.2, -0.15) is 0 Å². The first-order chi connectivity index (χ1) is 13.6. The minimum atomic E-state index is -0.519. The van der Waals surface area contributed by atoms with Crippen LogP contribution in [0.5, 0.6) is 0 Å². The third-order valence-electron chi connectivity index (χ3n) is 5.32. The summed E-state index contributed by atoms with van der Waals surface area (Å²) in [4.78, 5) is 38.0. The molecule has 1 saturated carbocycles. The summed E-state index contributed by atoms with van der Waals surface area (Å²) in [6.45, 7) is -0.0889. The van der Waals surface area contributed by atoms with Gasteiger partial charge in [-0.1, -0.05) is 31.0 Å². The summed E-state index contributed by atoms with van der Waals surface area (Å²) in [5.74, 6) is -0.679. The van der Waals surface area contributed by atoms with E-state index < -0.39 is 5.97 Å². The van der Waals surface area contributed by atoms with Crippen molar-refractivity contribution >= 4 is 17.8 Å². The standard InChI is InChI=1S/C20H21N3O5/c24-17(10-11-23-19(25)14-8-4-5-9-15(14)20(23)26)27-12-16-21-22-18(28-16)13-6-2-1-3-7-13/h1-3,6-7,14-15H,4-5,8-12H2/t14-,15-/m1/s1. The van der Waals surface area contributed by atoms with Crippen molar-refractivity contribution < 1.29 is 23.5 Å². The third kappa shape index (κ3) is 3.67. The van der Waals surface area contributed by atoms with E-state index in [2.05, 4.69) is 10.2 Å². The zero-order valence-electron chi connectivity index (χ0n) is 15.4. The molecule has 0 unspecified atom stereocenters. The fourth-order valence-corrected chi connectivity index (χ4v) is 3.88. The lowest BCUT2D eigenvalue weighted by Gasteiger charge is -2.19. The second-order valence-corrected chi connectivity index (χ2v) is 7.10. The number of aromatic nitrogens is 2. The van der Waals surface area contributed by atoms with E-state index in [1.54, 1.807) is 0 Å². The fraction of sp³-hybridized carbons (Fsp3) is 0.450. The molecule has 2 atom stereocenters. The molecule has 2 heterocycles. The van der Waals surface area contributed by atoms with Gasteiger partial charge in [-0.15, -0.1) is 10.2 Å². The molecular weight excluding hydrogens is 362 g/mol. The van der Waals surface area contributed by atoms with Crippen LogP contribution >= 0.6 is 0 Å². The maximum absolute atomic E-state index is 12.4. The number of benzene rings is 1. The average Bonchev–Trinajstić information content (AvgIpc) is 3.30. The van der Waals surface area contributed by atoms with Crippen molar-refractivity contribution in [3.05, 3.63) is 36.2 Å². The number of nitrogens with zero attached hydrogens (tertiary/aromatic N) is 3. The van der Waals surface area contributed by atoms with Gasteiger partial charge in [0.25, 0.3) is 5.89 Å². The lowest BCUT2D eigenvalue weighted by atomic mass is 9.81. The van der Waals surface area contributed by atoms with Crippen LogP contribution in [0.15, 0.2) is 34.7 Å². The molecule has 0 N–H and O–H groups in total.